The number of hydrogen-bond donors (Lipinski definition) is 0. The molecule has 2 aromatic rings. The van der Waals surface area contributed by atoms with Gasteiger partial charge in [-0.3, -0.25) is 0 Å². The maximum absolute atomic E-state index is 11.2. The highest BCUT2D eigenvalue weighted by Crippen LogP contribution is 2.31. The minimum Gasteiger partial charge on any atom is -0.493 e. The topological polar surface area (TPSA) is 43.4 Å². The van der Waals surface area contributed by atoms with Gasteiger partial charge >= 0.3 is 0 Å². The zero-order valence-corrected chi connectivity index (χ0v) is 13.9. The Morgan fingerprint density at radius 3 is 2.43 bits per heavy atom. The first-order valence-corrected chi connectivity index (χ1v) is 9.48. The summed E-state index contributed by atoms with van der Waals surface area (Å²) in [5.41, 5.74) is 0. The van der Waals surface area contributed by atoms with Crippen LogP contribution in [0.25, 0.3) is 10.8 Å². The van der Waals surface area contributed by atoms with Gasteiger partial charge in [-0.1, -0.05) is 42.8 Å². The quantitative estimate of drug-likeness (QED) is 0.725. The summed E-state index contributed by atoms with van der Waals surface area (Å²) < 4.78 is 28.1. The van der Waals surface area contributed by atoms with Gasteiger partial charge in [0.25, 0.3) is 0 Å². The number of hydrogen-bond acceptors (Lipinski definition) is 3. The summed E-state index contributed by atoms with van der Waals surface area (Å²) in [7, 11) is 1.79. The molecule has 6 heteroatoms. The van der Waals surface area contributed by atoms with Gasteiger partial charge in [-0.15, -0.1) is 0 Å². The molecule has 0 aliphatic rings. The van der Waals surface area contributed by atoms with Crippen LogP contribution in [0.4, 0.5) is 0 Å². The van der Waals surface area contributed by atoms with E-state index in [2.05, 4.69) is 0 Å². The largest absolute Gasteiger partial charge is 0.493 e. The molecule has 0 saturated heterocycles. The average Bonchev–Trinajstić information content (AvgIpc) is 2.44. The third kappa shape index (κ3) is 4.50. The molecule has 0 spiro atoms. The first kappa shape index (κ1) is 16.4. The van der Waals surface area contributed by atoms with Crippen LogP contribution in [-0.4, -0.2) is 20.8 Å². The molecule has 21 heavy (non-hydrogen) atoms. The van der Waals surface area contributed by atoms with E-state index in [9.17, 15) is 8.42 Å². The van der Waals surface area contributed by atoms with Gasteiger partial charge in [0.05, 0.1) is 12.4 Å². The van der Waals surface area contributed by atoms with E-state index in [1.807, 2.05) is 31.2 Å². The lowest BCUT2D eigenvalue weighted by Crippen LogP contribution is -2.19. The Kier molecular flexibility index (Phi) is 5.36. The minimum absolute atomic E-state index is 0.0867. The Bertz CT molecular complexity index is 729. The zero-order chi connectivity index (χ0) is 15.5. The molecular formula is C15H16Cl2O3S. The lowest BCUT2D eigenvalue weighted by molar-refractivity contribution is 0.260. The van der Waals surface area contributed by atoms with Crippen molar-refractivity contribution in [3.63, 3.8) is 0 Å². The number of fused-ring (bicyclic) bond motifs is 1. The van der Waals surface area contributed by atoms with Crippen LogP contribution >= 0.6 is 22.3 Å². The molecule has 0 aliphatic carbocycles. The Hall–Kier alpha value is -0.970. The standard InChI is InChI=1S/C15H16Cl2O3S/c1-2-11(10-21(17,18)19)9-20-15-8-7-14(16)12-5-3-4-6-13(12)15/h3-8,11H,2,9-10H2,1H3. The lowest BCUT2D eigenvalue weighted by Gasteiger charge is -2.16. The maximum Gasteiger partial charge on any atom is 0.232 e. The van der Waals surface area contributed by atoms with Crippen LogP contribution in [-0.2, 0) is 9.05 Å². The van der Waals surface area contributed by atoms with Gasteiger partial charge in [0.2, 0.25) is 9.05 Å². The summed E-state index contributed by atoms with van der Waals surface area (Å²) in [4.78, 5) is 0. The molecule has 1 unspecified atom stereocenters. The van der Waals surface area contributed by atoms with Crippen molar-refractivity contribution in [3.8, 4) is 5.75 Å². The molecule has 0 radical (unpaired) electrons. The van der Waals surface area contributed by atoms with Crippen molar-refractivity contribution < 1.29 is 13.2 Å². The van der Waals surface area contributed by atoms with Crippen LogP contribution in [0.3, 0.4) is 0 Å². The Labute approximate surface area is 134 Å². The Morgan fingerprint density at radius 2 is 1.81 bits per heavy atom. The van der Waals surface area contributed by atoms with Crippen molar-refractivity contribution in [2.75, 3.05) is 12.4 Å². The van der Waals surface area contributed by atoms with Gasteiger partial charge in [0.15, 0.2) is 0 Å². The van der Waals surface area contributed by atoms with Gasteiger partial charge in [-0.05, 0) is 18.6 Å². The molecule has 0 fully saturated rings. The van der Waals surface area contributed by atoms with E-state index in [0.717, 1.165) is 10.8 Å². The number of halogens is 2. The summed E-state index contributed by atoms with van der Waals surface area (Å²) in [6, 6.07) is 11.2. The normalized spacial score (nSPS) is 13.3. The Balaban J connectivity index is 2.19. The summed E-state index contributed by atoms with van der Waals surface area (Å²) >= 11 is 6.15. The fraction of sp³-hybridized carbons (Fsp3) is 0.333. The monoisotopic (exact) mass is 346 g/mol. The molecule has 0 aliphatic heterocycles. The highest BCUT2D eigenvalue weighted by Gasteiger charge is 2.17. The van der Waals surface area contributed by atoms with Crippen LogP contribution in [0.5, 0.6) is 5.75 Å². The van der Waals surface area contributed by atoms with Crippen LogP contribution in [0.15, 0.2) is 36.4 Å². The predicted octanol–water partition coefficient (Wildman–Crippen LogP) is 4.47. The number of rotatable bonds is 6. The van der Waals surface area contributed by atoms with Crippen molar-refractivity contribution in [2.24, 2.45) is 5.92 Å². The van der Waals surface area contributed by atoms with Gasteiger partial charge in [-0.2, -0.15) is 0 Å². The predicted molar refractivity (Wildman–Crippen MR) is 87.9 cm³/mol. The highest BCUT2D eigenvalue weighted by atomic mass is 35.7. The van der Waals surface area contributed by atoms with Gasteiger partial charge in [0, 0.05) is 32.4 Å². The van der Waals surface area contributed by atoms with E-state index in [-0.39, 0.29) is 11.7 Å². The second kappa shape index (κ2) is 6.86. The molecule has 2 aromatic carbocycles. The van der Waals surface area contributed by atoms with E-state index < -0.39 is 9.05 Å². The molecular weight excluding hydrogens is 331 g/mol. The zero-order valence-electron chi connectivity index (χ0n) is 11.6. The van der Waals surface area contributed by atoms with Crippen molar-refractivity contribution in [2.45, 2.75) is 13.3 Å². The van der Waals surface area contributed by atoms with Crippen LogP contribution in [0.1, 0.15) is 13.3 Å². The molecule has 1 atom stereocenters. The molecule has 0 heterocycles. The fourth-order valence-electron chi connectivity index (χ4n) is 2.13. The summed E-state index contributed by atoms with van der Waals surface area (Å²) in [6.45, 7) is 2.21. The molecule has 3 nitrogen and oxygen atoms in total. The van der Waals surface area contributed by atoms with Crippen LogP contribution < -0.4 is 4.74 Å². The first-order valence-electron chi connectivity index (χ1n) is 6.63. The molecule has 0 bridgehead atoms. The second-order valence-electron chi connectivity index (χ2n) is 4.88. The third-order valence-electron chi connectivity index (χ3n) is 3.32. The van der Waals surface area contributed by atoms with E-state index in [4.69, 9.17) is 27.0 Å². The minimum atomic E-state index is -3.52. The summed E-state index contributed by atoms with van der Waals surface area (Å²) in [5, 5.41) is 2.48. The van der Waals surface area contributed by atoms with Crippen LogP contribution in [0, 0.1) is 5.92 Å². The lowest BCUT2D eigenvalue weighted by atomic mass is 10.1. The Morgan fingerprint density at radius 1 is 1.14 bits per heavy atom. The smallest absolute Gasteiger partial charge is 0.232 e. The SMILES string of the molecule is CCC(COc1ccc(Cl)c2ccccc12)CS(=O)(=O)Cl. The fourth-order valence-corrected chi connectivity index (χ4v) is 3.79. The van der Waals surface area contributed by atoms with Gasteiger partial charge in [-0.25, -0.2) is 8.42 Å². The molecule has 0 N–H and O–H groups in total. The van der Waals surface area contributed by atoms with Crippen molar-refractivity contribution in [1.82, 2.24) is 0 Å². The molecule has 0 saturated carbocycles. The molecule has 114 valence electrons. The highest BCUT2D eigenvalue weighted by molar-refractivity contribution is 8.13. The summed E-state index contributed by atoms with van der Waals surface area (Å²) in [5.74, 6) is 0.471. The third-order valence-corrected chi connectivity index (χ3v) is 4.89. The van der Waals surface area contributed by atoms with E-state index in [1.54, 1.807) is 12.1 Å². The summed E-state index contributed by atoms with van der Waals surface area (Å²) in [6.07, 6.45) is 0.678. The number of ether oxygens (including phenoxy) is 1. The van der Waals surface area contributed by atoms with Crippen molar-refractivity contribution >= 4 is 42.1 Å². The molecule has 0 aromatic heterocycles. The van der Waals surface area contributed by atoms with E-state index >= 15 is 0 Å². The van der Waals surface area contributed by atoms with Crippen molar-refractivity contribution in [1.29, 1.82) is 0 Å². The van der Waals surface area contributed by atoms with Gasteiger partial charge < -0.3 is 4.74 Å². The van der Waals surface area contributed by atoms with Crippen molar-refractivity contribution in [3.05, 3.63) is 41.4 Å². The van der Waals surface area contributed by atoms with Gasteiger partial charge in [0.1, 0.15) is 5.75 Å². The molecule has 0 amide bonds. The number of benzene rings is 2. The maximum atomic E-state index is 11.2. The van der Waals surface area contributed by atoms with E-state index in [0.29, 0.717) is 23.8 Å². The second-order valence-corrected chi connectivity index (χ2v) is 8.11. The average molecular weight is 347 g/mol. The van der Waals surface area contributed by atoms with Crippen LogP contribution in [0.2, 0.25) is 5.02 Å². The first-order chi connectivity index (χ1) is 9.90. The molecule has 2 rings (SSSR count). The van der Waals surface area contributed by atoms with E-state index in [1.165, 1.54) is 0 Å².